The number of para-hydroxylation sites is 1. The second-order valence-corrected chi connectivity index (χ2v) is 7.38. The molecule has 0 aliphatic carbocycles. The Morgan fingerprint density at radius 2 is 1.94 bits per heavy atom. The predicted octanol–water partition coefficient (Wildman–Crippen LogP) is 3.37. The number of benzene rings is 2. The molecule has 164 valence electrons. The number of methoxy groups -OCH3 is 1. The zero-order chi connectivity index (χ0) is 22.4. The molecule has 0 aliphatic heterocycles. The van der Waals surface area contributed by atoms with Crippen molar-refractivity contribution in [3.05, 3.63) is 59.0 Å². The molecule has 0 radical (unpaired) electrons. The van der Waals surface area contributed by atoms with Crippen LogP contribution >= 0.6 is 0 Å². The zero-order valence-corrected chi connectivity index (χ0v) is 17.9. The second-order valence-electron chi connectivity index (χ2n) is 7.38. The highest BCUT2D eigenvalue weighted by atomic mass is 16.5. The van der Waals surface area contributed by atoms with Crippen LogP contribution in [0.4, 0.5) is 0 Å². The number of carbonyl (C=O) groups is 1. The Morgan fingerprint density at radius 1 is 1.19 bits per heavy atom. The average molecular weight is 425 g/mol. The summed E-state index contributed by atoms with van der Waals surface area (Å²) in [5, 5.41) is 13.0. The van der Waals surface area contributed by atoms with Crippen LogP contribution in [0, 0.1) is 5.92 Å². The Hall–Kier alpha value is -3.32. The molecule has 0 aliphatic rings. The summed E-state index contributed by atoms with van der Waals surface area (Å²) in [7, 11) is 1.52. The van der Waals surface area contributed by atoms with E-state index in [1.54, 1.807) is 36.4 Å². The molecule has 3 aromatic rings. The molecule has 0 bridgehead atoms. The molecule has 2 N–H and O–H groups in total. The van der Waals surface area contributed by atoms with Crippen molar-refractivity contribution in [2.45, 2.75) is 26.3 Å². The van der Waals surface area contributed by atoms with Gasteiger partial charge in [0.2, 0.25) is 0 Å². The van der Waals surface area contributed by atoms with Crippen LogP contribution in [0.1, 0.15) is 20.3 Å². The molecular formula is C24H27NO6. The number of hydrogen-bond donors (Lipinski definition) is 2. The van der Waals surface area contributed by atoms with E-state index in [-0.39, 0.29) is 31.1 Å². The summed E-state index contributed by atoms with van der Waals surface area (Å²) in [5.74, 6) is 0.865. The van der Waals surface area contributed by atoms with E-state index in [9.17, 15) is 14.7 Å². The highest BCUT2D eigenvalue weighted by molar-refractivity contribution is 5.86. The Balaban J connectivity index is 1.70. The molecule has 0 spiro atoms. The second kappa shape index (κ2) is 10.1. The molecular weight excluding hydrogens is 398 g/mol. The molecule has 0 saturated heterocycles. The summed E-state index contributed by atoms with van der Waals surface area (Å²) < 4.78 is 16.3. The third-order valence-corrected chi connectivity index (χ3v) is 5.35. The minimum absolute atomic E-state index is 0.115. The Labute approximate surface area is 180 Å². The zero-order valence-electron chi connectivity index (χ0n) is 17.9. The molecule has 7 heteroatoms. The molecule has 1 amide bonds. The normalized spacial score (nSPS) is 12.9. The topological polar surface area (TPSA) is 98.0 Å². The third kappa shape index (κ3) is 5.24. The fourth-order valence-electron chi connectivity index (χ4n) is 3.26. The summed E-state index contributed by atoms with van der Waals surface area (Å²) in [5.41, 5.74) is 1.03. The molecule has 2 atom stereocenters. The van der Waals surface area contributed by atoms with E-state index in [0.29, 0.717) is 28.2 Å². The van der Waals surface area contributed by atoms with Crippen LogP contribution in [0.3, 0.4) is 0 Å². The largest absolute Gasteiger partial charge is 0.493 e. The summed E-state index contributed by atoms with van der Waals surface area (Å²) in [6.07, 6.45) is 0.851. The summed E-state index contributed by atoms with van der Waals surface area (Å²) in [6, 6.07) is 13.7. The molecule has 0 saturated carbocycles. The van der Waals surface area contributed by atoms with Crippen molar-refractivity contribution in [2.24, 2.45) is 5.92 Å². The van der Waals surface area contributed by atoms with Gasteiger partial charge in [0.05, 0.1) is 25.3 Å². The molecule has 31 heavy (non-hydrogen) atoms. The van der Waals surface area contributed by atoms with Gasteiger partial charge in [0.25, 0.3) is 5.91 Å². The number of aliphatic hydroxyl groups is 1. The molecule has 0 unspecified atom stereocenters. The monoisotopic (exact) mass is 425 g/mol. The lowest BCUT2D eigenvalue weighted by molar-refractivity contribution is -0.124. The van der Waals surface area contributed by atoms with E-state index < -0.39 is 5.63 Å². The lowest BCUT2D eigenvalue weighted by atomic mass is 10.00. The van der Waals surface area contributed by atoms with Crippen LogP contribution < -0.4 is 20.4 Å². The van der Waals surface area contributed by atoms with E-state index in [4.69, 9.17) is 13.9 Å². The van der Waals surface area contributed by atoms with Gasteiger partial charge in [-0.3, -0.25) is 4.79 Å². The van der Waals surface area contributed by atoms with Crippen molar-refractivity contribution >= 4 is 16.9 Å². The first-order valence-corrected chi connectivity index (χ1v) is 10.2. The van der Waals surface area contributed by atoms with Crippen LogP contribution in [-0.2, 0) is 4.79 Å². The SMILES string of the molecule is CC[C@H](C)[C@@H](CO)NC(=O)COc1ccc(-c2cc3cccc(OC)c3oc2=O)cc1. The standard InChI is InChI=1S/C24H27NO6/c1-4-15(2)20(13-26)25-22(27)14-30-18-10-8-16(9-11-18)19-12-17-6-5-7-21(29-3)23(17)31-24(19)28/h5-12,15,20,26H,4,13-14H2,1-3H3,(H,25,27)/t15-,20+/m0/s1. The van der Waals surface area contributed by atoms with Gasteiger partial charge in [0, 0.05) is 5.39 Å². The quantitative estimate of drug-likeness (QED) is 0.510. The maximum Gasteiger partial charge on any atom is 0.344 e. The smallest absolute Gasteiger partial charge is 0.344 e. The number of nitrogens with one attached hydrogen (secondary N) is 1. The number of ether oxygens (including phenoxy) is 2. The maximum atomic E-state index is 12.5. The van der Waals surface area contributed by atoms with Crippen molar-refractivity contribution < 1.29 is 23.8 Å². The van der Waals surface area contributed by atoms with Gasteiger partial charge in [-0.2, -0.15) is 0 Å². The number of fused-ring (bicyclic) bond motifs is 1. The average Bonchev–Trinajstić information content (AvgIpc) is 2.80. The van der Waals surface area contributed by atoms with Crippen molar-refractivity contribution in [2.75, 3.05) is 20.3 Å². The van der Waals surface area contributed by atoms with Crippen LogP contribution in [0.15, 0.2) is 57.7 Å². The Bertz CT molecular complexity index is 1090. The molecule has 2 aromatic carbocycles. The first kappa shape index (κ1) is 22.4. The van der Waals surface area contributed by atoms with Gasteiger partial charge in [-0.1, -0.05) is 44.5 Å². The molecule has 3 rings (SSSR count). The minimum atomic E-state index is -0.467. The van der Waals surface area contributed by atoms with E-state index in [2.05, 4.69) is 5.32 Å². The van der Waals surface area contributed by atoms with Gasteiger partial charge in [0.1, 0.15) is 5.75 Å². The van der Waals surface area contributed by atoms with Crippen LogP contribution in [0.5, 0.6) is 11.5 Å². The van der Waals surface area contributed by atoms with E-state index >= 15 is 0 Å². The minimum Gasteiger partial charge on any atom is -0.493 e. The molecule has 0 fully saturated rings. The van der Waals surface area contributed by atoms with Gasteiger partial charge in [-0.25, -0.2) is 4.79 Å². The first-order chi connectivity index (χ1) is 15.0. The third-order valence-electron chi connectivity index (χ3n) is 5.35. The highest BCUT2D eigenvalue weighted by Crippen LogP contribution is 2.28. The van der Waals surface area contributed by atoms with Gasteiger partial charge in [-0.05, 0) is 35.7 Å². The number of amides is 1. The van der Waals surface area contributed by atoms with Crippen LogP contribution in [0.2, 0.25) is 0 Å². The number of rotatable bonds is 9. The maximum absolute atomic E-state index is 12.5. The van der Waals surface area contributed by atoms with Crippen molar-refractivity contribution in [1.82, 2.24) is 5.32 Å². The lowest BCUT2D eigenvalue weighted by Crippen LogP contribution is -2.43. The van der Waals surface area contributed by atoms with Crippen molar-refractivity contribution in [3.63, 3.8) is 0 Å². The Kier molecular flexibility index (Phi) is 7.31. The summed E-state index contributed by atoms with van der Waals surface area (Å²) >= 11 is 0. The molecule has 1 aromatic heterocycles. The number of hydrogen-bond acceptors (Lipinski definition) is 6. The first-order valence-electron chi connectivity index (χ1n) is 10.2. The Morgan fingerprint density at radius 3 is 2.58 bits per heavy atom. The van der Waals surface area contributed by atoms with Crippen molar-refractivity contribution in [3.8, 4) is 22.6 Å². The highest BCUT2D eigenvalue weighted by Gasteiger charge is 2.17. The van der Waals surface area contributed by atoms with E-state index in [1.165, 1.54) is 7.11 Å². The van der Waals surface area contributed by atoms with Crippen LogP contribution in [-0.4, -0.2) is 37.4 Å². The van der Waals surface area contributed by atoms with Gasteiger partial charge in [-0.15, -0.1) is 0 Å². The van der Waals surface area contributed by atoms with Crippen molar-refractivity contribution in [1.29, 1.82) is 0 Å². The van der Waals surface area contributed by atoms with Gasteiger partial charge < -0.3 is 24.3 Å². The van der Waals surface area contributed by atoms with Gasteiger partial charge in [0.15, 0.2) is 17.9 Å². The number of aliphatic hydroxyl groups excluding tert-OH is 1. The lowest BCUT2D eigenvalue weighted by Gasteiger charge is -2.22. The van der Waals surface area contributed by atoms with Gasteiger partial charge >= 0.3 is 5.63 Å². The summed E-state index contributed by atoms with van der Waals surface area (Å²) in [4.78, 5) is 24.6. The van der Waals surface area contributed by atoms with E-state index in [0.717, 1.165) is 11.8 Å². The molecule has 7 nitrogen and oxygen atoms in total. The fourth-order valence-corrected chi connectivity index (χ4v) is 3.26. The summed E-state index contributed by atoms with van der Waals surface area (Å²) in [6.45, 7) is 3.70. The van der Waals surface area contributed by atoms with E-state index in [1.807, 2.05) is 26.0 Å². The predicted molar refractivity (Wildman–Crippen MR) is 118 cm³/mol. The van der Waals surface area contributed by atoms with Crippen LogP contribution in [0.25, 0.3) is 22.1 Å². The number of carbonyl (C=O) groups excluding carboxylic acids is 1. The molecule has 1 heterocycles. The fraction of sp³-hybridized carbons (Fsp3) is 0.333.